The molecular weight excluding hydrogens is 284 g/mol. The maximum atomic E-state index is 11.2. The van der Waals surface area contributed by atoms with Gasteiger partial charge in [-0.15, -0.1) is 0 Å². The molecule has 2 rings (SSSR count). The van der Waals surface area contributed by atoms with Gasteiger partial charge in [0.25, 0.3) is 0 Å². The van der Waals surface area contributed by atoms with Crippen LogP contribution >= 0.6 is 0 Å². The molecule has 0 atom stereocenters. The summed E-state index contributed by atoms with van der Waals surface area (Å²) < 4.78 is 4.70. The normalized spacial score (nSPS) is 21.1. The van der Waals surface area contributed by atoms with Gasteiger partial charge in [-0.25, -0.2) is 0 Å². The Balaban J connectivity index is 1.76. The van der Waals surface area contributed by atoms with E-state index in [1.165, 1.54) is 69.6 Å². The van der Waals surface area contributed by atoms with Crippen LogP contribution in [0.2, 0.25) is 0 Å². The minimum Gasteiger partial charge on any atom is -0.469 e. The van der Waals surface area contributed by atoms with E-state index in [9.17, 15) is 4.79 Å². The average Bonchev–Trinajstić information content (AvgIpc) is 2.61. The molecule has 0 N–H and O–H groups in total. The first-order valence-corrected chi connectivity index (χ1v) is 9.38. The Morgan fingerprint density at radius 2 is 1.78 bits per heavy atom. The number of rotatable bonds is 8. The van der Waals surface area contributed by atoms with Crippen molar-refractivity contribution in [3.63, 3.8) is 0 Å². The van der Waals surface area contributed by atoms with Crippen molar-refractivity contribution in [1.29, 1.82) is 0 Å². The average molecular weight is 316 g/mol. The Hall–Kier alpha value is -1.31. The van der Waals surface area contributed by atoms with E-state index >= 15 is 0 Å². The first-order valence-electron chi connectivity index (χ1n) is 9.38. The van der Waals surface area contributed by atoms with Crippen molar-refractivity contribution in [2.75, 3.05) is 7.11 Å². The summed E-state index contributed by atoms with van der Waals surface area (Å²) >= 11 is 0. The molecule has 1 aliphatic carbocycles. The molecule has 0 saturated heterocycles. The summed E-state index contributed by atoms with van der Waals surface area (Å²) in [5, 5.41) is 0. The fraction of sp³-hybridized carbons (Fsp3) is 0.667. The highest BCUT2D eigenvalue weighted by Crippen LogP contribution is 2.37. The Morgan fingerprint density at radius 3 is 2.39 bits per heavy atom. The van der Waals surface area contributed by atoms with E-state index in [2.05, 4.69) is 31.2 Å². The first kappa shape index (κ1) is 18.0. The van der Waals surface area contributed by atoms with Crippen LogP contribution in [0.4, 0.5) is 0 Å². The zero-order valence-electron chi connectivity index (χ0n) is 14.9. The first-order chi connectivity index (χ1) is 11.2. The van der Waals surface area contributed by atoms with Gasteiger partial charge < -0.3 is 4.74 Å². The summed E-state index contributed by atoms with van der Waals surface area (Å²) in [5.74, 6) is 1.58. The van der Waals surface area contributed by atoms with Crippen LogP contribution in [0.25, 0.3) is 0 Å². The highest BCUT2D eigenvalue weighted by Gasteiger charge is 2.21. The summed E-state index contributed by atoms with van der Waals surface area (Å²) in [6.45, 7) is 2.28. The van der Waals surface area contributed by atoms with E-state index in [-0.39, 0.29) is 5.97 Å². The van der Waals surface area contributed by atoms with Crippen molar-refractivity contribution in [2.24, 2.45) is 5.92 Å². The lowest BCUT2D eigenvalue weighted by Crippen LogP contribution is -2.13. The second kappa shape index (κ2) is 9.75. The smallest absolute Gasteiger partial charge is 0.305 e. The molecular formula is C21H32O2. The Morgan fingerprint density at radius 1 is 1.09 bits per heavy atom. The highest BCUT2D eigenvalue weighted by molar-refractivity contribution is 5.69. The second-order valence-electron chi connectivity index (χ2n) is 7.03. The molecule has 1 aromatic rings. The molecule has 0 radical (unpaired) electrons. The minimum atomic E-state index is -0.129. The van der Waals surface area contributed by atoms with Gasteiger partial charge in [-0.3, -0.25) is 4.79 Å². The fourth-order valence-electron chi connectivity index (χ4n) is 3.77. The SMILES string of the molecule is CCCCC[C@H]1CC[C@H](c2ccc(CCC(=O)OC)cc2)CC1. The number of unbranched alkanes of at least 4 members (excludes halogenated alkanes) is 2. The van der Waals surface area contributed by atoms with Gasteiger partial charge in [0.1, 0.15) is 0 Å². The molecule has 23 heavy (non-hydrogen) atoms. The molecule has 0 unspecified atom stereocenters. The number of carbonyl (C=O) groups is 1. The number of methoxy groups -OCH3 is 1. The molecule has 0 aromatic heterocycles. The number of carbonyl (C=O) groups excluding carboxylic acids is 1. The Bertz CT molecular complexity index is 455. The van der Waals surface area contributed by atoms with Gasteiger partial charge in [0, 0.05) is 6.42 Å². The zero-order valence-corrected chi connectivity index (χ0v) is 14.9. The molecule has 2 heteroatoms. The van der Waals surface area contributed by atoms with Crippen molar-refractivity contribution in [3.8, 4) is 0 Å². The molecule has 1 saturated carbocycles. The molecule has 2 nitrogen and oxygen atoms in total. The van der Waals surface area contributed by atoms with Gasteiger partial charge in [0.05, 0.1) is 7.11 Å². The van der Waals surface area contributed by atoms with Crippen molar-refractivity contribution in [2.45, 2.75) is 77.0 Å². The molecule has 0 bridgehead atoms. The molecule has 1 aromatic carbocycles. The molecule has 128 valence electrons. The largest absolute Gasteiger partial charge is 0.469 e. The van der Waals surface area contributed by atoms with Crippen molar-refractivity contribution in [1.82, 2.24) is 0 Å². The number of esters is 1. The summed E-state index contributed by atoms with van der Waals surface area (Å²) in [6, 6.07) is 8.92. The van der Waals surface area contributed by atoms with E-state index in [4.69, 9.17) is 4.74 Å². The summed E-state index contributed by atoms with van der Waals surface area (Å²) in [4.78, 5) is 11.2. The van der Waals surface area contributed by atoms with Crippen LogP contribution in [0.15, 0.2) is 24.3 Å². The fourth-order valence-corrected chi connectivity index (χ4v) is 3.77. The van der Waals surface area contributed by atoms with E-state index in [1.807, 2.05) is 0 Å². The monoisotopic (exact) mass is 316 g/mol. The third-order valence-corrected chi connectivity index (χ3v) is 5.36. The number of hydrogen-bond acceptors (Lipinski definition) is 2. The lowest BCUT2D eigenvalue weighted by molar-refractivity contribution is -0.140. The lowest BCUT2D eigenvalue weighted by Gasteiger charge is -2.29. The molecule has 0 spiro atoms. The standard InChI is InChI=1S/C21H32O2/c1-3-4-5-6-17-7-12-19(13-8-17)20-14-9-18(10-15-20)11-16-21(22)23-2/h9-10,14-15,17,19H,3-8,11-13,16H2,1-2H3/t17-,19-. The number of ether oxygens (including phenoxy) is 1. The highest BCUT2D eigenvalue weighted by atomic mass is 16.5. The van der Waals surface area contributed by atoms with E-state index < -0.39 is 0 Å². The number of hydrogen-bond donors (Lipinski definition) is 0. The van der Waals surface area contributed by atoms with Gasteiger partial charge in [-0.05, 0) is 55.1 Å². The van der Waals surface area contributed by atoms with Gasteiger partial charge in [0.2, 0.25) is 0 Å². The minimum absolute atomic E-state index is 0.129. The third kappa shape index (κ3) is 6.01. The van der Waals surface area contributed by atoms with Crippen LogP contribution in [0.3, 0.4) is 0 Å². The molecule has 0 heterocycles. The molecule has 1 fully saturated rings. The van der Waals surface area contributed by atoms with Crippen molar-refractivity contribution >= 4 is 5.97 Å². The van der Waals surface area contributed by atoms with Gasteiger partial charge in [0.15, 0.2) is 0 Å². The van der Waals surface area contributed by atoms with Crippen LogP contribution in [-0.2, 0) is 16.0 Å². The molecule has 0 aliphatic heterocycles. The lowest BCUT2D eigenvalue weighted by atomic mass is 9.77. The van der Waals surface area contributed by atoms with Crippen LogP contribution in [0.1, 0.15) is 81.8 Å². The van der Waals surface area contributed by atoms with Crippen molar-refractivity contribution in [3.05, 3.63) is 35.4 Å². The molecule has 0 amide bonds. The van der Waals surface area contributed by atoms with Gasteiger partial charge >= 0.3 is 5.97 Å². The van der Waals surface area contributed by atoms with E-state index in [0.29, 0.717) is 6.42 Å². The second-order valence-corrected chi connectivity index (χ2v) is 7.03. The Labute approximate surface area is 141 Å². The predicted octanol–water partition coefficient (Wildman–Crippen LogP) is 5.65. The van der Waals surface area contributed by atoms with Crippen LogP contribution in [-0.4, -0.2) is 13.1 Å². The maximum absolute atomic E-state index is 11.2. The summed E-state index contributed by atoms with van der Waals surface area (Å²) in [6.07, 6.45) is 12.3. The Kier molecular flexibility index (Phi) is 7.64. The van der Waals surface area contributed by atoms with Crippen LogP contribution in [0.5, 0.6) is 0 Å². The number of benzene rings is 1. The van der Waals surface area contributed by atoms with Gasteiger partial charge in [-0.2, -0.15) is 0 Å². The van der Waals surface area contributed by atoms with E-state index in [0.717, 1.165) is 18.3 Å². The van der Waals surface area contributed by atoms with E-state index in [1.54, 1.807) is 0 Å². The summed E-state index contributed by atoms with van der Waals surface area (Å²) in [5.41, 5.74) is 2.71. The third-order valence-electron chi connectivity index (χ3n) is 5.36. The summed E-state index contributed by atoms with van der Waals surface area (Å²) in [7, 11) is 1.45. The quantitative estimate of drug-likeness (QED) is 0.458. The number of aryl methyl sites for hydroxylation is 1. The zero-order chi connectivity index (χ0) is 16.5. The van der Waals surface area contributed by atoms with Crippen LogP contribution < -0.4 is 0 Å². The predicted molar refractivity (Wildman–Crippen MR) is 95.6 cm³/mol. The molecule has 1 aliphatic rings. The van der Waals surface area contributed by atoms with Crippen molar-refractivity contribution < 1.29 is 9.53 Å². The maximum Gasteiger partial charge on any atom is 0.305 e. The van der Waals surface area contributed by atoms with Crippen LogP contribution in [0, 0.1) is 5.92 Å². The topological polar surface area (TPSA) is 26.3 Å². The van der Waals surface area contributed by atoms with Gasteiger partial charge in [-0.1, -0.05) is 56.9 Å².